The Balaban J connectivity index is 1.91. The first-order valence-electron chi connectivity index (χ1n) is 9.70. The number of fused-ring (bicyclic) bond motifs is 1. The van der Waals surface area contributed by atoms with Crippen molar-refractivity contribution in [2.75, 3.05) is 37.6 Å². The highest BCUT2D eigenvalue weighted by atomic mass is 16.5. The van der Waals surface area contributed by atoms with E-state index in [2.05, 4.69) is 47.2 Å². The van der Waals surface area contributed by atoms with E-state index in [1.54, 1.807) is 14.2 Å². The fourth-order valence-corrected chi connectivity index (χ4v) is 3.32. The highest BCUT2D eigenvalue weighted by Crippen LogP contribution is 2.34. The van der Waals surface area contributed by atoms with Crippen molar-refractivity contribution < 1.29 is 14.6 Å². The number of nitrogens with zero attached hydrogens (tertiary/aromatic N) is 3. The van der Waals surface area contributed by atoms with Gasteiger partial charge >= 0.3 is 0 Å². The number of aliphatic hydroxyl groups excluding tert-OH is 1. The standard InChI is InChI=1S/C21H30N4O3/c1-13(2)17-10-20(24-21(23-17)22-14(3)12-26)25-7-6-15-8-18(27-4)19(28-5)9-16(15)11-25/h8-10,13-14,26H,6-7,11-12H2,1-5H3,(H,22,23,24)/t14-/m0/s1. The maximum atomic E-state index is 9.34. The molecule has 2 aromatic rings. The summed E-state index contributed by atoms with van der Waals surface area (Å²) in [5.41, 5.74) is 3.47. The van der Waals surface area contributed by atoms with Gasteiger partial charge in [0.25, 0.3) is 0 Å². The fourth-order valence-electron chi connectivity index (χ4n) is 3.32. The molecule has 28 heavy (non-hydrogen) atoms. The summed E-state index contributed by atoms with van der Waals surface area (Å²) in [6.07, 6.45) is 0.909. The van der Waals surface area contributed by atoms with Gasteiger partial charge in [-0.15, -0.1) is 0 Å². The molecule has 3 rings (SSSR count). The van der Waals surface area contributed by atoms with Gasteiger partial charge in [0.05, 0.1) is 26.5 Å². The van der Waals surface area contributed by atoms with Gasteiger partial charge in [-0.1, -0.05) is 13.8 Å². The molecule has 1 atom stereocenters. The highest BCUT2D eigenvalue weighted by molar-refractivity contribution is 5.53. The summed E-state index contributed by atoms with van der Waals surface area (Å²) in [5, 5.41) is 12.5. The highest BCUT2D eigenvalue weighted by Gasteiger charge is 2.22. The molecule has 1 aromatic heterocycles. The molecular weight excluding hydrogens is 356 g/mol. The van der Waals surface area contributed by atoms with E-state index in [9.17, 15) is 5.11 Å². The Morgan fingerprint density at radius 2 is 1.75 bits per heavy atom. The first kappa shape index (κ1) is 20.2. The molecule has 152 valence electrons. The lowest BCUT2D eigenvalue weighted by atomic mass is 9.98. The lowest BCUT2D eigenvalue weighted by Crippen LogP contribution is -2.32. The average Bonchev–Trinajstić information content (AvgIpc) is 2.71. The molecule has 0 saturated heterocycles. The van der Waals surface area contributed by atoms with Gasteiger partial charge in [-0.2, -0.15) is 4.98 Å². The first-order valence-corrected chi connectivity index (χ1v) is 9.70. The second kappa shape index (κ2) is 8.65. The Morgan fingerprint density at radius 3 is 2.36 bits per heavy atom. The molecule has 7 nitrogen and oxygen atoms in total. The van der Waals surface area contributed by atoms with Crippen molar-refractivity contribution in [2.45, 2.75) is 45.7 Å². The molecule has 0 saturated carbocycles. The number of rotatable bonds is 7. The molecule has 1 aliphatic heterocycles. The van der Waals surface area contributed by atoms with Crippen LogP contribution in [0.5, 0.6) is 11.5 Å². The number of aliphatic hydroxyl groups is 1. The predicted octanol–water partition coefficient (Wildman–Crippen LogP) is 2.97. The summed E-state index contributed by atoms with van der Waals surface area (Å²) in [4.78, 5) is 11.6. The maximum absolute atomic E-state index is 9.34. The van der Waals surface area contributed by atoms with Crippen molar-refractivity contribution in [1.29, 1.82) is 0 Å². The van der Waals surface area contributed by atoms with E-state index in [1.165, 1.54) is 11.1 Å². The van der Waals surface area contributed by atoms with Crippen LogP contribution < -0.4 is 19.7 Å². The van der Waals surface area contributed by atoms with E-state index in [0.29, 0.717) is 5.95 Å². The number of aromatic nitrogens is 2. The van der Waals surface area contributed by atoms with Crippen LogP contribution in [0.2, 0.25) is 0 Å². The van der Waals surface area contributed by atoms with Crippen molar-refractivity contribution in [3.05, 3.63) is 35.0 Å². The van der Waals surface area contributed by atoms with Crippen LogP contribution in [-0.4, -0.2) is 48.5 Å². The summed E-state index contributed by atoms with van der Waals surface area (Å²) >= 11 is 0. The van der Waals surface area contributed by atoms with Crippen LogP contribution in [-0.2, 0) is 13.0 Å². The number of anilines is 2. The fraction of sp³-hybridized carbons (Fsp3) is 0.524. The van der Waals surface area contributed by atoms with Crippen molar-refractivity contribution >= 4 is 11.8 Å². The van der Waals surface area contributed by atoms with Crippen molar-refractivity contribution in [1.82, 2.24) is 9.97 Å². The minimum atomic E-state index is -0.103. The molecular formula is C21H30N4O3. The van der Waals surface area contributed by atoms with E-state index >= 15 is 0 Å². The smallest absolute Gasteiger partial charge is 0.225 e. The van der Waals surface area contributed by atoms with Crippen LogP contribution in [0.25, 0.3) is 0 Å². The summed E-state index contributed by atoms with van der Waals surface area (Å²) in [6.45, 7) is 7.79. The molecule has 0 fully saturated rings. The minimum Gasteiger partial charge on any atom is -0.493 e. The van der Waals surface area contributed by atoms with E-state index in [4.69, 9.17) is 14.5 Å². The topological polar surface area (TPSA) is 79.7 Å². The van der Waals surface area contributed by atoms with E-state index < -0.39 is 0 Å². The zero-order valence-electron chi connectivity index (χ0n) is 17.3. The van der Waals surface area contributed by atoms with Gasteiger partial charge < -0.3 is 24.8 Å². The second-order valence-corrected chi connectivity index (χ2v) is 7.50. The average molecular weight is 386 g/mol. The van der Waals surface area contributed by atoms with Crippen LogP contribution in [0.3, 0.4) is 0 Å². The molecule has 0 bridgehead atoms. The third-order valence-electron chi connectivity index (χ3n) is 5.02. The lowest BCUT2D eigenvalue weighted by Gasteiger charge is -2.31. The first-order chi connectivity index (χ1) is 13.4. The van der Waals surface area contributed by atoms with Crippen molar-refractivity contribution in [3.63, 3.8) is 0 Å². The zero-order valence-corrected chi connectivity index (χ0v) is 17.3. The number of hydrogen-bond donors (Lipinski definition) is 2. The molecule has 0 amide bonds. The minimum absolute atomic E-state index is 0.0311. The SMILES string of the molecule is COc1cc2c(cc1OC)CN(c1cc(C(C)C)nc(N[C@@H](C)CO)n1)CC2. The van der Waals surface area contributed by atoms with Crippen LogP contribution in [0.15, 0.2) is 18.2 Å². The normalized spacial score (nSPS) is 14.6. The van der Waals surface area contributed by atoms with Gasteiger partial charge in [-0.05, 0) is 42.5 Å². The van der Waals surface area contributed by atoms with Crippen LogP contribution in [0.4, 0.5) is 11.8 Å². The van der Waals surface area contributed by atoms with Crippen LogP contribution >= 0.6 is 0 Å². The van der Waals surface area contributed by atoms with E-state index in [-0.39, 0.29) is 18.6 Å². The summed E-state index contributed by atoms with van der Waals surface area (Å²) in [6, 6.07) is 6.08. The van der Waals surface area contributed by atoms with Gasteiger partial charge in [0.1, 0.15) is 5.82 Å². The Morgan fingerprint density at radius 1 is 1.07 bits per heavy atom. The summed E-state index contributed by atoms with van der Waals surface area (Å²) in [5.74, 6) is 3.25. The number of hydrogen-bond acceptors (Lipinski definition) is 7. The number of ether oxygens (including phenoxy) is 2. The molecule has 0 spiro atoms. The number of nitrogens with one attached hydrogen (secondary N) is 1. The molecule has 0 unspecified atom stereocenters. The molecule has 1 aromatic carbocycles. The van der Waals surface area contributed by atoms with Gasteiger partial charge in [0.2, 0.25) is 5.95 Å². The second-order valence-electron chi connectivity index (χ2n) is 7.50. The Kier molecular flexibility index (Phi) is 6.24. The molecule has 2 heterocycles. The monoisotopic (exact) mass is 386 g/mol. The molecule has 2 N–H and O–H groups in total. The molecule has 7 heteroatoms. The Hall–Kier alpha value is -2.54. The molecule has 1 aliphatic rings. The maximum Gasteiger partial charge on any atom is 0.225 e. The van der Waals surface area contributed by atoms with Gasteiger partial charge in [0.15, 0.2) is 11.5 Å². The van der Waals surface area contributed by atoms with Crippen LogP contribution in [0.1, 0.15) is 43.5 Å². The Bertz CT molecular complexity index is 826. The summed E-state index contributed by atoms with van der Waals surface area (Å²) in [7, 11) is 3.32. The third-order valence-corrected chi connectivity index (χ3v) is 5.02. The largest absolute Gasteiger partial charge is 0.493 e. The zero-order chi connectivity index (χ0) is 20.3. The van der Waals surface area contributed by atoms with Gasteiger partial charge in [-0.25, -0.2) is 4.98 Å². The van der Waals surface area contributed by atoms with Crippen molar-refractivity contribution in [2.24, 2.45) is 0 Å². The van der Waals surface area contributed by atoms with E-state index in [1.807, 2.05) is 6.92 Å². The number of methoxy groups -OCH3 is 2. The molecule has 0 aliphatic carbocycles. The third kappa shape index (κ3) is 4.30. The van der Waals surface area contributed by atoms with Gasteiger partial charge in [0, 0.05) is 25.2 Å². The van der Waals surface area contributed by atoms with E-state index in [0.717, 1.165) is 42.5 Å². The predicted molar refractivity (Wildman–Crippen MR) is 111 cm³/mol. The Labute approximate surface area is 166 Å². The molecule has 0 radical (unpaired) electrons. The quantitative estimate of drug-likeness (QED) is 0.757. The van der Waals surface area contributed by atoms with Crippen LogP contribution in [0, 0.1) is 0 Å². The summed E-state index contributed by atoms with van der Waals surface area (Å²) < 4.78 is 10.9. The van der Waals surface area contributed by atoms with Crippen molar-refractivity contribution in [3.8, 4) is 11.5 Å². The van der Waals surface area contributed by atoms with Gasteiger partial charge in [-0.3, -0.25) is 0 Å². The number of benzene rings is 1. The lowest BCUT2D eigenvalue weighted by molar-refractivity contribution is 0.281.